The second kappa shape index (κ2) is 6.09. The minimum atomic E-state index is 0.508. The van der Waals surface area contributed by atoms with Crippen LogP contribution < -0.4 is 5.73 Å². The smallest absolute Gasteiger partial charge is 0.191 e. The summed E-state index contributed by atoms with van der Waals surface area (Å²) in [5.74, 6) is 1.35. The Morgan fingerprint density at radius 1 is 1.31 bits per heavy atom. The Bertz CT molecular complexity index is 231. The van der Waals surface area contributed by atoms with Gasteiger partial charge in [0, 0.05) is 19.6 Å². The normalized spacial score (nSPS) is 17.2. The predicted molar refractivity (Wildman–Crippen MR) is 69.6 cm³/mol. The molecule has 1 fully saturated rings. The highest BCUT2D eigenvalue weighted by Crippen LogP contribution is 2.23. The standard InChI is InChI=1S/C12H26N4/c1-10(2)9-16(8-7-15(3)4)12(13)14-11-5-6-11/h10-11H,5-9H2,1-4H3,(H2,13,14). The van der Waals surface area contributed by atoms with Crippen LogP contribution in [0.2, 0.25) is 0 Å². The van der Waals surface area contributed by atoms with Crippen LogP contribution in [0.1, 0.15) is 26.7 Å². The van der Waals surface area contributed by atoms with Crippen molar-refractivity contribution in [2.75, 3.05) is 33.7 Å². The first kappa shape index (κ1) is 13.3. The summed E-state index contributed by atoms with van der Waals surface area (Å²) in [6.07, 6.45) is 2.42. The number of guanidine groups is 1. The summed E-state index contributed by atoms with van der Waals surface area (Å²) in [7, 11) is 4.17. The maximum absolute atomic E-state index is 6.05. The van der Waals surface area contributed by atoms with E-state index in [-0.39, 0.29) is 0 Å². The van der Waals surface area contributed by atoms with E-state index in [1.165, 1.54) is 12.8 Å². The average molecular weight is 226 g/mol. The molecule has 0 spiro atoms. The third-order valence-electron chi connectivity index (χ3n) is 2.59. The zero-order valence-corrected chi connectivity index (χ0v) is 11.1. The third kappa shape index (κ3) is 5.35. The lowest BCUT2D eigenvalue weighted by atomic mass is 10.2. The van der Waals surface area contributed by atoms with E-state index in [2.05, 4.69) is 42.7 Å². The van der Waals surface area contributed by atoms with E-state index in [1.807, 2.05) is 0 Å². The molecule has 0 unspecified atom stereocenters. The second-order valence-electron chi connectivity index (χ2n) is 5.36. The Labute approximate surface area is 99.5 Å². The van der Waals surface area contributed by atoms with Gasteiger partial charge in [-0.3, -0.25) is 0 Å². The molecule has 94 valence electrons. The summed E-state index contributed by atoms with van der Waals surface area (Å²) >= 11 is 0. The highest BCUT2D eigenvalue weighted by molar-refractivity contribution is 5.78. The number of nitrogens with zero attached hydrogens (tertiary/aromatic N) is 3. The molecular weight excluding hydrogens is 200 g/mol. The monoisotopic (exact) mass is 226 g/mol. The Morgan fingerprint density at radius 3 is 2.38 bits per heavy atom. The van der Waals surface area contributed by atoms with Crippen molar-refractivity contribution in [2.45, 2.75) is 32.7 Å². The Balaban J connectivity index is 2.47. The van der Waals surface area contributed by atoms with Crippen LogP contribution >= 0.6 is 0 Å². The van der Waals surface area contributed by atoms with E-state index < -0.39 is 0 Å². The molecular formula is C12H26N4. The lowest BCUT2D eigenvalue weighted by Gasteiger charge is -2.27. The van der Waals surface area contributed by atoms with Crippen LogP contribution in [0.15, 0.2) is 4.99 Å². The summed E-state index contributed by atoms with van der Waals surface area (Å²) in [6, 6.07) is 0.508. The minimum absolute atomic E-state index is 0.508. The predicted octanol–water partition coefficient (Wildman–Crippen LogP) is 0.983. The van der Waals surface area contributed by atoms with Gasteiger partial charge in [0.05, 0.1) is 6.04 Å². The van der Waals surface area contributed by atoms with Crippen molar-refractivity contribution in [2.24, 2.45) is 16.6 Å². The van der Waals surface area contributed by atoms with E-state index in [9.17, 15) is 0 Å². The van der Waals surface area contributed by atoms with Crippen LogP contribution in [0.5, 0.6) is 0 Å². The Morgan fingerprint density at radius 2 is 1.94 bits per heavy atom. The molecule has 0 amide bonds. The second-order valence-corrected chi connectivity index (χ2v) is 5.36. The zero-order chi connectivity index (χ0) is 12.1. The number of rotatable bonds is 6. The molecule has 0 aromatic heterocycles. The van der Waals surface area contributed by atoms with Crippen molar-refractivity contribution in [3.05, 3.63) is 0 Å². The number of hydrogen-bond acceptors (Lipinski definition) is 2. The molecule has 1 aliphatic rings. The molecule has 1 aliphatic carbocycles. The molecule has 16 heavy (non-hydrogen) atoms. The first-order chi connectivity index (χ1) is 7.49. The highest BCUT2D eigenvalue weighted by Gasteiger charge is 2.22. The molecule has 0 heterocycles. The summed E-state index contributed by atoms with van der Waals surface area (Å²) in [4.78, 5) is 8.91. The molecule has 1 rings (SSSR count). The molecule has 4 nitrogen and oxygen atoms in total. The van der Waals surface area contributed by atoms with Crippen LogP contribution in [0, 0.1) is 5.92 Å². The summed E-state index contributed by atoms with van der Waals surface area (Å²) < 4.78 is 0. The molecule has 2 N–H and O–H groups in total. The molecule has 0 atom stereocenters. The van der Waals surface area contributed by atoms with Gasteiger partial charge in [0.25, 0.3) is 0 Å². The molecule has 1 saturated carbocycles. The van der Waals surface area contributed by atoms with Gasteiger partial charge in [-0.25, -0.2) is 4.99 Å². The van der Waals surface area contributed by atoms with Crippen LogP contribution in [-0.2, 0) is 0 Å². The average Bonchev–Trinajstić information content (AvgIpc) is 2.94. The van der Waals surface area contributed by atoms with Crippen molar-refractivity contribution in [1.82, 2.24) is 9.80 Å². The lowest BCUT2D eigenvalue weighted by molar-refractivity contribution is 0.304. The van der Waals surface area contributed by atoms with Gasteiger partial charge in [0.1, 0.15) is 0 Å². The highest BCUT2D eigenvalue weighted by atomic mass is 15.3. The largest absolute Gasteiger partial charge is 0.370 e. The van der Waals surface area contributed by atoms with Gasteiger partial charge in [0.15, 0.2) is 5.96 Å². The lowest BCUT2D eigenvalue weighted by Crippen LogP contribution is -2.43. The molecule has 0 bridgehead atoms. The summed E-state index contributed by atoms with van der Waals surface area (Å²) in [6.45, 7) is 7.41. The van der Waals surface area contributed by atoms with Gasteiger partial charge >= 0.3 is 0 Å². The van der Waals surface area contributed by atoms with E-state index in [0.717, 1.165) is 25.6 Å². The summed E-state index contributed by atoms with van der Waals surface area (Å²) in [5, 5.41) is 0. The first-order valence-corrected chi connectivity index (χ1v) is 6.22. The molecule has 0 saturated heterocycles. The van der Waals surface area contributed by atoms with Crippen molar-refractivity contribution in [3.8, 4) is 0 Å². The van der Waals surface area contributed by atoms with Crippen LogP contribution in [-0.4, -0.2) is 55.5 Å². The van der Waals surface area contributed by atoms with Crippen LogP contribution in [0.4, 0.5) is 0 Å². The number of aliphatic imine (C=N–C) groups is 1. The molecule has 0 aromatic rings. The summed E-state index contributed by atoms with van der Waals surface area (Å²) in [5.41, 5.74) is 6.05. The zero-order valence-electron chi connectivity index (χ0n) is 11.1. The van der Waals surface area contributed by atoms with Crippen LogP contribution in [0.25, 0.3) is 0 Å². The van der Waals surface area contributed by atoms with Gasteiger partial charge in [-0.15, -0.1) is 0 Å². The maximum atomic E-state index is 6.05. The van der Waals surface area contributed by atoms with E-state index >= 15 is 0 Å². The van der Waals surface area contributed by atoms with E-state index in [4.69, 9.17) is 5.73 Å². The van der Waals surface area contributed by atoms with Gasteiger partial charge in [-0.2, -0.15) is 0 Å². The number of nitrogens with two attached hydrogens (primary N) is 1. The van der Waals surface area contributed by atoms with Crippen LogP contribution in [0.3, 0.4) is 0 Å². The van der Waals surface area contributed by atoms with Gasteiger partial charge in [-0.1, -0.05) is 13.8 Å². The van der Waals surface area contributed by atoms with Gasteiger partial charge < -0.3 is 15.5 Å². The maximum Gasteiger partial charge on any atom is 0.191 e. The molecule has 0 radical (unpaired) electrons. The van der Waals surface area contributed by atoms with Crippen molar-refractivity contribution >= 4 is 5.96 Å². The van der Waals surface area contributed by atoms with Crippen molar-refractivity contribution in [3.63, 3.8) is 0 Å². The number of likely N-dealkylation sites (N-methyl/N-ethyl adjacent to an activating group) is 1. The fourth-order valence-corrected chi connectivity index (χ4v) is 1.53. The molecule has 0 aromatic carbocycles. The first-order valence-electron chi connectivity index (χ1n) is 6.22. The van der Waals surface area contributed by atoms with Gasteiger partial charge in [0.2, 0.25) is 0 Å². The SMILES string of the molecule is CC(C)CN(CCN(C)C)C(N)=NC1CC1. The number of hydrogen-bond donors (Lipinski definition) is 1. The van der Waals surface area contributed by atoms with Gasteiger partial charge in [-0.05, 0) is 32.9 Å². The Hall–Kier alpha value is -0.770. The third-order valence-corrected chi connectivity index (χ3v) is 2.59. The Kier molecular flexibility index (Phi) is 5.06. The minimum Gasteiger partial charge on any atom is -0.370 e. The molecule has 0 aliphatic heterocycles. The fraction of sp³-hybridized carbons (Fsp3) is 0.917. The molecule has 4 heteroatoms. The quantitative estimate of drug-likeness (QED) is 0.542. The van der Waals surface area contributed by atoms with E-state index in [1.54, 1.807) is 0 Å². The van der Waals surface area contributed by atoms with Crippen molar-refractivity contribution < 1.29 is 0 Å². The van der Waals surface area contributed by atoms with E-state index in [0.29, 0.717) is 12.0 Å². The topological polar surface area (TPSA) is 44.9 Å². The van der Waals surface area contributed by atoms with Crippen molar-refractivity contribution in [1.29, 1.82) is 0 Å². The fourth-order valence-electron chi connectivity index (χ4n) is 1.53.